The monoisotopic (exact) mass is 396 g/mol. The van der Waals surface area contributed by atoms with E-state index in [1.165, 1.54) is 0 Å². The summed E-state index contributed by atoms with van der Waals surface area (Å²) in [6.07, 6.45) is 0. The average Bonchev–Trinajstić information content (AvgIpc) is 2.65. The lowest BCUT2D eigenvalue weighted by Gasteiger charge is -2.21. The average molecular weight is 397 g/mol. The number of hydrogen-bond acceptors (Lipinski definition) is 3. The smallest absolute Gasteiger partial charge is 0.264 e. The predicted molar refractivity (Wildman–Crippen MR) is 110 cm³/mol. The number of benzene rings is 2. The van der Waals surface area contributed by atoms with Gasteiger partial charge in [0.15, 0.2) is 11.4 Å². The van der Waals surface area contributed by atoms with Crippen LogP contribution in [0.1, 0.15) is 57.5 Å². The minimum Gasteiger partial charge on any atom is -0.479 e. The topological polar surface area (TPSA) is 43.4 Å². The number of ketones is 1. The number of ether oxygens (including phenoxy) is 1. The van der Waals surface area contributed by atoms with Gasteiger partial charge in [-0.15, -0.1) is 0 Å². The molecule has 2 aromatic rings. The van der Waals surface area contributed by atoms with Crippen molar-refractivity contribution in [3.63, 3.8) is 0 Å². The van der Waals surface area contributed by atoms with Crippen molar-refractivity contribution in [2.75, 3.05) is 0 Å². The van der Waals surface area contributed by atoms with Gasteiger partial charge >= 0.3 is 0 Å². The fourth-order valence-electron chi connectivity index (χ4n) is 1.78. The molecule has 0 amide bonds. The van der Waals surface area contributed by atoms with Gasteiger partial charge in [0.1, 0.15) is 5.75 Å². The molecule has 0 fully saturated rings. The second-order valence-electron chi connectivity index (χ2n) is 5.25. The summed E-state index contributed by atoms with van der Waals surface area (Å²) in [4.78, 5) is 23.5. The molecule has 3 nitrogen and oxygen atoms in total. The summed E-state index contributed by atoms with van der Waals surface area (Å²) in [5, 5.41) is -0.0120. The number of halogens is 2. The first-order valence-electron chi connectivity index (χ1n) is 8.59. The van der Waals surface area contributed by atoms with E-state index in [9.17, 15) is 9.59 Å². The first-order chi connectivity index (χ1) is 12.3. The highest BCUT2D eigenvalue weighted by atomic mass is 35.5. The summed E-state index contributed by atoms with van der Waals surface area (Å²) < 4.78 is 5.51. The van der Waals surface area contributed by atoms with E-state index in [1.807, 2.05) is 27.7 Å². The molecular weight excluding hydrogens is 371 g/mol. The Morgan fingerprint density at radius 3 is 1.58 bits per heavy atom. The van der Waals surface area contributed by atoms with Crippen molar-refractivity contribution >= 4 is 34.2 Å². The van der Waals surface area contributed by atoms with Crippen LogP contribution in [0.15, 0.2) is 48.5 Å². The lowest BCUT2D eigenvalue weighted by atomic mass is 10.0. The Morgan fingerprint density at radius 1 is 0.808 bits per heavy atom. The van der Waals surface area contributed by atoms with Gasteiger partial charge in [-0.1, -0.05) is 39.3 Å². The van der Waals surface area contributed by atoms with Crippen LogP contribution in [0.2, 0.25) is 5.02 Å². The summed E-state index contributed by atoms with van der Waals surface area (Å²) in [6.45, 7) is 11.2. The molecule has 0 bridgehead atoms. The zero-order valence-electron chi connectivity index (χ0n) is 16.1. The normalized spacial score (nSPS) is 9.85. The lowest BCUT2D eigenvalue weighted by molar-refractivity contribution is -0.123. The minimum absolute atomic E-state index is 0.115. The van der Waals surface area contributed by atoms with Crippen LogP contribution in [0.25, 0.3) is 0 Å². The fraction of sp³-hybridized carbons (Fsp3) is 0.333. The summed E-state index contributed by atoms with van der Waals surface area (Å²) in [5.74, 6) is 0.350. The number of hydrogen-bond donors (Lipinski definition) is 0. The van der Waals surface area contributed by atoms with Gasteiger partial charge < -0.3 is 4.74 Å². The van der Waals surface area contributed by atoms with E-state index in [0.29, 0.717) is 21.9 Å². The van der Waals surface area contributed by atoms with E-state index in [0.717, 1.165) is 0 Å². The Morgan fingerprint density at radius 2 is 1.19 bits per heavy atom. The highest BCUT2D eigenvalue weighted by molar-refractivity contribution is 6.65. The van der Waals surface area contributed by atoms with Crippen molar-refractivity contribution in [1.29, 1.82) is 0 Å². The van der Waals surface area contributed by atoms with E-state index < -0.39 is 10.8 Å². The van der Waals surface area contributed by atoms with Gasteiger partial charge in [-0.2, -0.15) is 0 Å². The van der Waals surface area contributed by atoms with Gasteiger partial charge in [0.2, 0.25) is 0 Å². The fourth-order valence-corrected chi connectivity index (χ4v) is 1.94. The molecule has 0 heterocycles. The Labute approximate surface area is 166 Å². The molecular formula is C21H26Cl2O3. The van der Waals surface area contributed by atoms with E-state index in [4.69, 9.17) is 27.9 Å². The second-order valence-corrected chi connectivity index (χ2v) is 6.03. The maximum absolute atomic E-state index is 12.3. The molecule has 0 saturated carbocycles. The van der Waals surface area contributed by atoms with Crippen molar-refractivity contribution < 1.29 is 14.3 Å². The molecule has 26 heavy (non-hydrogen) atoms. The SMILES string of the molecule is CC.CC.CC(C)(Oc1ccc(C(=O)c2ccc(Cl)cc2)cc1)C(=O)Cl. The number of carbonyl (C=O) groups is 2. The van der Waals surface area contributed by atoms with E-state index >= 15 is 0 Å². The van der Waals surface area contributed by atoms with Gasteiger partial charge in [-0.05, 0) is 74.0 Å². The molecule has 0 aliphatic carbocycles. The van der Waals surface area contributed by atoms with Crippen molar-refractivity contribution in [3.8, 4) is 5.75 Å². The first-order valence-corrected chi connectivity index (χ1v) is 9.34. The molecule has 0 unspecified atom stereocenters. The third-order valence-electron chi connectivity index (χ3n) is 3.07. The molecule has 0 radical (unpaired) electrons. The molecule has 2 aromatic carbocycles. The van der Waals surface area contributed by atoms with E-state index in [-0.39, 0.29) is 5.78 Å². The second kappa shape index (κ2) is 11.7. The highest BCUT2D eigenvalue weighted by Crippen LogP contribution is 2.22. The van der Waals surface area contributed by atoms with Crippen molar-refractivity contribution in [2.45, 2.75) is 47.1 Å². The van der Waals surface area contributed by atoms with Crippen LogP contribution < -0.4 is 4.74 Å². The maximum atomic E-state index is 12.3. The molecule has 2 rings (SSSR count). The first kappa shape index (κ1) is 24.2. The van der Waals surface area contributed by atoms with Crippen LogP contribution in [-0.2, 0) is 4.79 Å². The zero-order chi connectivity index (χ0) is 20.3. The summed E-state index contributed by atoms with van der Waals surface area (Å²) in [7, 11) is 0. The van der Waals surface area contributed by atoms with Gasteiger partial charge in [-0.25, -0.2) is 0 Å². The molecule has 0 saturated heterocycles. The summed E-state index contributed by atoms with van der Waals surface area (Å²) >= 11 is 11.3. The van der Waals surface area contributed by atoms with Crippen molar-refractivity contribution in [1.82, 2.24) is 0 Å². The molecule has 0 aliphatic heterocycles. The van der Waals surface area contributed by atoms with Crippen LogP contribution in [0.3, 0.4) is 0 Å². The molecule has 5 heteroatoms. The molecule has 0 aliphatic rings. The Balaban J connectivity index is 0.00000146. The quantitative estimate of drug-likeness (QED) is 0.425. The Bertz CT molecular complexity index is 690. The Kier molecular flexibility index (Phi) is 10.9. The minimum atomic E-state index is -1.12. The molecule has 0 N–H and O–H groups in total. The van der Waals surface area contributed by atoms with Crippen LogP contribution in [0, 0.1) is 0 Å². The van der Waals surface area contributed by atoms with Gasteiger partial charge in [0.25, 0.3) is 5.24 Å². The molecule has 0 atom stereocenters. The maximum Gasteiger partial charge on any atom is 0.264 e. The van der Waals surface area contributed by atoms with Gasteiger partial charge in [0, 0.05) is 16.1 Å². The Hall–Kier alpha value is -1.84. The third-order valence-corrected chi connectivity index (χ3v) is 3.78. The zero-order valence-corrected chi connectivity index (χ0v) is 17.6. The third kappa shape index (κ3) is 7.19. The van der Waals surface area contributed by atoms with Crippen LogP contribution in [0.4, 0.5) is 0 Å². The van der Waals surface area contributed by atoms with Crippen molar-refractivity contribution in [3.05, 3.63) is 64.7 Å². The van der Waals surface area contributed by atoms with E-state index in [1.54, 1.807) is 62.4 Å². The van der Waals surface area contributed by atoms with Crippen molar-refractivity contribution in [2.24, 2.45) is 0 Å². The molecule has 0 aromatic heterocycles. The van der Waals surface area contributed by atoms with Crippen LogP contribution in [-0.4, -0.2) is 16.6 Å². The summed E-state index contributed by atoms with van der Waals surface area (Å²) in [6, 6.07) is 13.2. The predicted octanol–water partition coefficient (Wildman–Crippen LogP) is 6.55. The van der Waals surface area contributed by atoms with Gasteiger partial charge in [0.05, 0.1) is 0 Å². The molecule has 0 spiro atoms. The van der Waals surface area contributed by atoms with Crippen LogP contribution in [0.5, 0.6) is 5.75 Å². The van der Waals surface area contributed by atoms with E-state index in [2.05, 4.69) is 0 Å². The molecule has 142 valence electrons. The number of rotatable bonds is 5. The summed E-state index contributed by atoms with van der Waals surface area (Å²) in [5.41, 5.74) is -0.0532. The van der Waals surface area contributed by atoms with Crippen LogP contribution >= 0.6 is 23.2 Å². The standard InChI is InChI=1S/C17H14Cl2O3.2C2H6/c1-17(2,16(19)21)22-14-9-5-12(6-10-14)15(20)11-3-7-13(18)8-4-11;2*1-2/h3-10H,1-2H3;2*1-2H3. The number of carbonyl (C=O) groups excluding carboxylic acids is 2. The highest BCUT2D eigenvalue weighted by Gasteiger charge is 2.28. The lowest BCUT2D eigenvalue weighted by Crippen LogP contribution is -2.34. The largest absolute Gasteiger partial charge is 0.479 e. The van der Waals surface area contributed by atoms with Gasteiger partial charge in [-0.3, -0.25) is 9.59 Å².